The lowest BCUT2D eigenvalue weighted by Gasteiger charge is -2.24. The number of unbranched alkanes of at least 4 members (excludes halogenated alkanes) is 1. The number of rotatable bonds is 21. The zero-order valence-electron chi connectivity index (χ0n) is 26.7. The molecule has 0 heterocycles. The highest BCUT2D eigenvalue weighted by molar-refractivity contribution is 5.86. The van der Waals surface area contributed by atoms with Crippen LogP contribution >= 0.6 is 0 Å². The van der Waals surface area contributed by atoms with Gasteiger partial charge in [-0.25, -0.2) is 0 Å². The van der Waals surface area contributed by atoms with Crippen LogP contribution in [0.1, 0.15) is 48.8 Å². The van der Waals surface area contributed by atoms with Crippen LogP contribution in [0.5, 0.6) is 0 Å². The van der Waals surface area contributed by atoms with Gasteiger partial charge in [-0.3, -0.25) is 14.4 Å². The van der Waals surface area contributed by atoms with Gasteiger partial charge in [-0.15, -0.1) is 13.2 Å². The van der Waals surface area contributed by atoms with Crippen LogP contribution in [0.2, 0.25) is 0 Å². The van der Waals surface area contributed by atoms with Crippen molar-refractivity contribution in [3.05, 3.63) is 133 Å². The number of ether oxygens (including phenoxy) is 1. The molecular weight excluding hydrogens is 576 g/mol. The van der Waals surface area contributed by atoms with Crippen LogP contribution in [0.25, 0.3) is 0 Å². The van der Waals surface area contributed by atoms with E-state index < -0.39 is 18.0 Å². The van der Waals surface area contributed by atoms with Crippen molar-refractivity contribution in [3.63, 3.8) is 0 Å². The Morgan fingerprint density at radius 3 is 1.78 bits per heavy atom. The molecule has 7 nitrogen and oxygen atoms in total. The van der Waals surface area contributed by atoms with E-state index in [9.17, 15) is 19.5 Å². The van der Waals surface area contributed by atoms with Crippen molar-refractivity contribution in [2.75, 3.05) is 13.2 Å². The minimum Gasteiger partial charge on any atom is -0.463 e. The van der Waals surface area contributed by atoms with Crippen molar-refractivity contribution in [3.8, 4) is 0 Å². The lowest BCUT2D eigenvalue weighted by molar-refractivity contribution is -0.150. The van der Waals surface area contributed by atoms with Crippen molar-refractivity contribution in [2.45, 2.75) is 63.5 Å². The standard InChI is InChI=1S/C39H48N2O5/c1-3-5-9-23-34(24-30-17-10-6-11-18-30)39(45)46-29-36(26-32-21-14-8-15-22-32)41-38(44)33(16-4-2)27-37(43)40-35(28-42)25-31-19-12-7-13-20-31/h3-4,6-8,10-15,17-22,33-36,42H,1-2,5,9,16,23-29H2,(H,40,43)(H,41,44)/t33-,34-,35-,36+/m1/s1. The van der Waals surface area contributed by atoms with Gasteiger partial charge in [-0.05, 0) is 61.6 Å². The minimum absolute atomic E-state index is 0.00286. The van der Waals surface area contributed by atoms with Crippen molar-refractivity contribution >= 4 is 17.8 Å². The first kappa shape index (κ1) is 36.0. The third-order valence-electron chi connectivity index (χ3n) is 7.88. The molecule has 0 aliphatic heterocycles. The maximum atomic E-state index is 13.6. The first-order valence-corrected chi connectivity index (χ1v) is 16.1. The number of nitrogens with one attached hydrogen (secondary N) is 2. The van der Waals surface area contributed by atoms with Gasteiger partial charge < -0.3 is 20.5 Å². The number of benzene rings is 3. The Morgan fingerprint density at radius 2 is 1.26 bits per heavy atom. The summed E-state index contributed by atoms with van der Waals surface area (Å²) in [5.41, 5.74) is 3.04. The van der Waals surface area contributed by atoms with E-state index in [1.54, 1.807) is 6.08 Å². The van der Waals surface area contributed by atoms with E-state index in [0.29, 0.717) is 32.1 Å². The van der Waals surface area contributed by atoms with E-state index in [0.717, 1.165) is 29.5 Å². The zero-order valence-corrected chi connectivity index (χ0v) is 26.7. The van der Waals surface area contributed by atoms with Gasteiger partial charge in [0.25, 0.3) is 0 Å². The van der Waals surface area contributed by atoms with E-state index in [1.807, 2.05) is 97.1 Å². The minimum atomic E-state index is -0.674. The Bertz CT molecular complexity index is 1350. The second kappa shape index (κ2) is 20.5. The summed E-state index contributed by atoms with van der Waals surface area (Å²) < 4.78 is 5.88. The fraction of sp³-hybridized carbons (Fsp3) is 0.359. The summed E-state index contributed by atoms with van der Waals surface area (Å²) in [5, 5.41) is 15.8. The van der Waals surface area contributed by atoms with Gasteiger partial charge in [-0.1, -0.05) is 103 Å². The van der Waals surface area contributed by atoms with Crippen LogP contribution in [0.15, 0.2) is 116 Å². The second-order valence-electron chi connectivity index (χ2n) is 11.7. The quantitative estimate of drug-likeness (QED) is 0.0793. The highest BCUT2D eigenvalue weighted by Gasteiger charge is 2.27. The van der Waals surface area contributed by atoms with E-state index in [2.05, 4.69) is 23.8 Å². The van der Waals surface area contributed by atoms with E-state index in [1.165, 1.54) is 0 Å². The number of amides is 2. The molecule has 0 aliphatic carbocycles. The molecule has 46 heavy (non-hydrogen) atoms. The third-order valence-corrected chi connectivity index (χ3v) is 7.88. The fourth-order valence-corrected chi connectivity index (χ4v) is 5.43. The fourth-order valence-electron chi connectivity index (χ4n) is 5.43. The molecule has 0 aromatic heterocycles. The van der Waals surface area contributed by atoms with Crippen molar-refractivity contribution in [1.82, 2.24) is 10.6 Å². The Labute approximate surface area is 273 Å². The Balaban J connectivity index is 1.66. The molecule has 244 valence electrons. The number of aliphatic hydroxyl groups is 1. The molecule has 3 aromatic carbocycles. The van der Waals surface area contributed by atoms with Crippen LogP contribution in [0.3, 0.4) is 0 Å². The molecule has 0 spiro atoms. The number of aliphatic hydroxyl groups excluding tert-OH is 1. The summed E-state index contributed by atoms with van der Waals surface area (Å²) >= 11 is 0. The summed E-state index contributed by atoms with van der Waals surface area (Å²) in [6, 6.07) is 28.2. The monoisotopic (exact) mass is 624 g/mol. The van der Waals surface area contributed by atoms with Gasteiger partial charge in [0.15, 0.2) is 0 Å². The second-order valence-corrected chi connectivity index (χ2v) is 11.7. The summed E-state index contributed by atoms with van der Waals surface area (Å²) in [7, 11) is 0. The molecular formula is C39H48N2O5. The Kier molecular flexibility index (Phi) is 16.1. The third kappa shape index (κ3) is 13.2. The van der Waals surface area contributed by atoms with Crippen molar-refractivity contribution in [2.24, 2.45) is 11.8 Å². The maximum Gasteiger partial charge on any atom is 0.309 e. The molecule has 2 amide bonds. The van der Waals surface area contributed by atoms with E-state index in [4.69, 9.17) is 4.74 Å². The van der Waals surface area contributed by atoms with Crippen LogP contribution in [-0.2, 0) is 38.4 Å². The molecule has 0 saturated heterocycles. The molecule has 0 unspecified atom stereocenters. The summed E-state index contributed by atoms with van der Waals surface area (Å²) in [5.74, 6) is -1.93. The number of carbonyl (C=O) groups is 3. The molecule has 3 rings (SSSR count). The molecule has 3 N–H and O–H groups in total. The van der Waals surface area contributed by atoms with Crippen LogP contribution in [0.4, 0.5) is 0 Å². The average Bonchev–Trinajstić information content (AvgIpc) is 3.07. The molecule has 0 saturated carbocycles. The number of carbonyl (C=O) groups excluding carboxylic acids is 3. The molecule has 0 radical (unpaired) electrons. The smallest absolute Gasteiger partial charge is 0.309 e. The molecule has 0 bridgehead atoms. The molecule has 4 atom stereocenters. The number of esters is 1. The van der Waals surface area contributed by atoms with Gasteiger partial charge in [0.05, 0.1) is 30.5 Å². The number of hydrogen-bond acceptors (Lipinski definition) is 5. The highest BCUT2D eigenvalue weighted by Crippen LogP contribution is 2.19. The van der Waals surface area contributed by atoms with Gasteiger partial charge in [0.2, 0.25) is 11.8 Å². The maximum absolute atomic E-state index is 13.6. The number of hydrogen-bond donors (Lipinski definition) is 3. The van der Waals surface area contributed by atoms with Crippen molar-refractivity contribution < 1.29 is 24.2 Å². The van der Waals surface area contributed by atoms with E-state index in [-0.39, 0.29) is 43.3 Å². The zero-order chi connectivity index (χ0) is 33.0. The molecule has 0 fully saturated rings. The highest BCUT2D eigenvalue weighted by atomic mass is 16.5. The van der Waals surface area contributed by atoms with Gasteiger partial charge in [-0.2, -0.15) is 0 Å². The van der Waals surface area contributed by atoms with Gasteiger partial charge in [0.1, 0.15) is 6.61 Å². The Hall–Kier alpha value is -4.49. The van der Waals surface area contributed by atoms with Crippen LogP contribution in [-0.4, -0.2) is 48.2 Å². The summed E-state index contributed by atoms with van der Waals surface area (Å²) in [6.45, 7) is 7.36. The van der Waals surface area contributed by atoms with E-state index >= 15 is 0 Å². The predicted octanol–water partition coefficient (Wildman–Crippen LogP) is 5.77. The first-order chi connectivity index (χ1) is 22.4. The molecule has 0 aliphatic rings. The van der Waals surface area contributed by atoms with Gasteiger partial charge >= 0.3 is 5.97 Å². The predicted molar refractivity (Wildman–Crippen MR) is 183 cm³/mol. The molecule has 3 aromatic rings. The van der Waals surface area contributed by atoms with Gasteiger partial charge in [0, 0.05) is 6.42 Å². The first-order valence-electron chi connectivity index (χ1n) is 16.1. The molecule has 7 heteroatoms. The SMILES string of the molecule is C=CCCC[C@H](Cc1ccccc1)C(=O)OC[C@H](Cc1ccccc1)NC(=O)[C@H](CC=C)CC(=O)N[C@@H](CO)Cc1ccccc1. The average molecular weight is 625 g/mol. The normalized spacial score (nSPS) is 13.4. The van der Waals surface area contributed by atoms with Crippen LogP contribution in [0, 0.1) is 11.8 Å². The number of allylic oxidation sites excluding steroid dienone is 2. The topological polar surface area (TPSA) is 105 Å². The Morgan fingerprint density at radius 1 is 0.717 bits per heavy atom. The largest absolute Gasteiger partial charge is 0.463 e. The van der Waals surface area contributed by atoms with Crippen molar-refractivity contribution in [1.29, 1.82) is 0 Å². The lowest BCUT2D eigenvalue weighted by Crippen LogP contribution is -2.45. The van der Waals surface area contributed by atoms with Crippen LogP contribution < -0.4 is 10.6 Å². The lowest BCUT2D eigenvalue weighted by atomic mass is 9.94. The summed E-state index contributed by atoms with van der Waals surface area (Å²) in [6.07, 6.45) is 7.51. The summed E-state index contributed by atoms with van der Waals surface area (Å²) in [4.78, 5) is 40.0.